The number of aromatic nitrogens is 3. The molecule has 0 radical (unpaired) electrons. The standard InChI is InChI=1S/C18H16N4O2S/c1-8-15-9(2)19-10(3)20-18(15)25-16(8)17(23)22-12-5-6-14-13(7-12)21-11(4)24-14/h5-7H,1-4H3,(H,22,23). The van der Waals surface area contributed by atoms with Crippen molar-refractivity contribution in [3.05, 3.63) is 46.0 Å². The van der Waals surface area contributed by atoms with E-state index in [1.165, 1.54) is 11.3 Å². The second kappa shape index (κ2) is 5.63. The van der Waals surface area contributed by atoms with E-state index >= 15 is 0 Å². The predicted octanol–water partition coefficient (Wildman–Crippen LogP) is 4.32. The van der Waals surface area contributed by atoms with E-state index in [9.17, 15) is 4.79 Å². The van der Waals surface area contributed by atoms with Crippen molar-refractivity contribution in [3.63, 3.8) is 0 Å². The second-order valence-electron chi connectivity index (χ2n) is 5.96. The highest BCUT2D eigenvalue weighted by Gasteiger charge is 2.19. The van der Waals surface area contributed by atoms with Crippen LogP contribution in [0.15, 0.2) is 22.6 Å². The van der Waals surface area contributed by atoms with Crippen LogP contribution >= 0.6 is 11.3 Å². The third kappa shape index (κ3) is 2.66. The van der Waals surface area contributed by atoms with Crippen molar-refractivity contribution in [2.45, 2.75) is 27.7 Å². The quantitative estimate of drug-likeness (QED) is 0.581. The van der Waals surface area contributed by atoms with Crippen molar-refractivity contribution in [1.29, 1.82) is 0 Å². The van der Waals surface area contributed by atoms with Gasteiger partial charge in [0.1, 0.15) is 16.2 Å². The van der Waals surface area contributed by atoms with Gasteiger partial charge in [0, 0.05) is 23.7 Å². The van der Waals surface area contributed by atoms with Crippen LogP contribution < -0.4 is 5.32 Å². The Morgan fingerprint density at radius 1 is 1.12 bits per heavy atom. The van der Waals surface area contributed by atoms with Gasteiger partial charge in [-0.15, -0.1) is 11.3 Å². The first-order valence-electron chi connectivity index (χ1n) is 7.85. The smallest absolute Gasteiger partial charge is 0.266 e. The van der Waals surface area contributed by atoms with Crippen LogP contribution in [-0.2, 0) is 0 Å². The molecule has 3 aromatic heterocycles. The van der Waals surface area contributed by atoms with E-state index in [2.05, 4.69) is 20.3 Å². The molecule has 0 aliphatic heterocycles. The molecular weight excluding hydrogens is 336 g/mol. The first-order chi connectivity index (χ1) is 11.9. The number of hydrogen-bond acceptors (Lipinski definition) is 6. The Labute approximate surface area is 147 Å². The lowest BCUT2D eigenvalue weighted by atomic mass is 10.1. The topological polar surface area (TPSA) is 80.9 Å². The molecule has 0 bridgehead atoms. The molecule has 25 heavy (non-hydrogen) atoms. The summed E-state index contributed by atoms with van der Waals surface area (Å²) in [5, 5.41) is 3.90. The van der Waals surface area contributed by atoms with E-state index < -0.39 is 0 Å². The van der Waals surface area contributed by atoms with Crippen molar-refractivity contribution < 1.29 is 9.21 Å². The largest absolute Gasteiger partial charge is 0.441 e. The molecule has 3 heterocycles. The average molecular weight is 352 g/mol. The van der Waals surface area contributed by atoms with Gasteiger partial charge in [0.15, 0.2) is 11.5 Å². The summed E-state index contributed by atoms with van der Waals surface area (Å²) in [6.07, 6.45) is 0. The number of aryl methyl sites for hydroxylation is 4. The lowest BCUT2D eigenvalue weighted by Crippen LogP contribution is -2.11. The summed E-state index contributed by atoms with van der Waals surface area (Å²) < 4.78 is 5.46. The molecule has 4 aromatic rings. The van der Waals surface area contributed by atoms with Gasteiger partial charge >= 0.3 is 0 Å². The molecule has 1 N–H and O–H groups in total. The predicted molar refractivity (Wildman–Crippen MR) is 98.3 cm³/mol. The molecule has 126 valence electrons. The van der Waals surface area contributed by atoms with Crippen molar-refractivity contribution in [1.82, 2.24) is 15.0 Å². The van der Waals surface area contributed by atoms with Gasteiger partial charge in [0.25, 0.3) is 5.91 Å². The van der Waals surface area contributed by atoms with Crippen LogP contribution in [-0.4, -0.2) is 20.9 Å². The average Bonchev–Trinajstić information content (AvgIpc) is 3.06. The van der Waals surface area contributed by atoms with E-state index in [4.69, 9.17) is 4.42 Å². The minimum atomic E-state index is -0.155. The van der Waals surface area contributed by atoms with Crippen molar-refractivity contribution in [2.24, 2.45) is 0 Å². The zero-order valence-corrected chi connectivity index (χ0v) is 15.1. The molecule has 7 heteroatoms. The highest BCUT2D eigenvalue weighted by molar-refractivity contribution is 7.20. The molecule has 0 saturated heterocycles. The third-order valence-electron chi connectivity index (χ3n) is 4.04. The number of oxazole rings is 1. The number of nitrogens with one attached hydrogen (secondary N) is 1. The van der Waals surface area contributed by atoms with E-state index in [0.717, 1.165) is 27.0 Å². The Hall–Kier alpha value is -2.80. The summed E-state index contributed by atoms with van der Waals surface area (Å²) in [5.41, 5.74) is 3.92. The Morgan fingerprint density at radius 2 is 1.92 bits per heavy atom. The number of carbonyl (C=O) groups excluding carboxylic acids is 1. The summed E-state index contributed by atoms with van der Waals surface area (Å²) in [6.45, 7) is 7.53. The molecular formula is C18H16N4O2S. The number of hydrogen-bond donors (Lipinski definition) is 1. The molecule has 4 rings (SSSR count). The van der Waals surface area contributed by atoms with Gasteiger partial charge in [-0.25, -0.2) is 15.0 Å². The fourth-order valence-electron chi connectivity index (χ4n) is 3.00. The summed E-state index contributed by atoms with van der Waals surface area (Å²) in [5.74, 6) is 1.16. The zero-order valence-electron chi connectivity index (χ0n) is 14.3. The van der Waals surface area contributed by atoms with Gasteiger partial charge < -0.3 is 9.73 Å². The second-order valence-corrected chi connectivity index (χ2v) is 6.96. The number of fused-ring (bicyclic) bond motifs is 2. The van der Waals surface area contributed by atoms with Crippen LogP contribution in [0.25, 0.3) is 21.3 Å². The maximum Gasteiger partial charge on any atom is 0.266 e. The summed E-state index contributed by atoms with van der Waals surface area (Å²) in [4.78, 5) is 27.4. The Balaban J connectivity index is 1.71. The molecule has 1 amide bonds. The van der Waals surface area contributed by atoms with Crippen LogP contribution in [0, 0.1) is 27.7 Å². The number of nitrogens with zero attached hydrogens (tertiary/aromatic N) is 3. The number of rotatable bonds is 2. The van der Waals surface area contributed by atoms with E-state index in [1.807, 2.05) is 39.0 Å². The summed E-state index contributed by atoms with van der Waals surface area (Å²) in [7, 11) is 0. The lowest BCUT2D eigenvalue weighted by Gasteiger charge is -2.04. The van der Waals surface area contributed by atoms with Crippen LogP contribution in [0.3, 0.4) is 0 Å². The number of benzene rings is 1. The van der Waals surface area contributed by atoms with E-state index in [1.54, 1.807) is 6.92 Å². The lowest BCUT2D eigenvalue weighted by molar-refractivity contribution is 0.103. The van der Waals surface area contributed by atoms with Gasteiger partial charge in [-0.05, 0) is 44.5 Å². The molecule has 6 nitrogen and oxygen atoms in total. The fraction of sp³-hybridized carbons (Fsp3) is 0.222. The number of amides is 1. The van der Waals surface area contributed by atoms with Crippen molar-refractivity contribution in [2.75, 3.05) is 5.32 Å². The molecule has 0 saturated carbocycles. The van der Waals surface area contributed by atoms with Crippen LogP contribution in [0.2, 0.25) is 0 Å². The fourth-order valence-corrected chi connectivity index (χ4v) is 4.17. The maximum absolute atomic E-state index is 12.7. The maximum atomic E-state index is 12.7. The highest BCUT2D eigenvalue weighted by atomic mass is 32.1. The van der Waals surface area contributed by atoms with E-state index in [0.29, 0.717) is 27.9 Å². The Morgan fingerprint density at radius 3 is 2.72 bits per heavy atom. The van der Waals surface area contributed by atoms with Gasteiger partial charge in [0.2, 0.25) is 0 Å². The Kier molecular flexibility index (Phi) is 3.54. The molecule has 0 spiro atoms. The van der Waals surface area contributed by atoms with Gasteiger partial charge in [-0.3, -0.25) is 4.79 Å². The molecule has 0 unspecified atom stereocenters. The Bertz CT molecular complexity index is 1140. The minimum Gasteiger partial charge on any atom is -0.441 e. The number of anilines is 1. The van der Waals surface area contributed by atoms with Crippen molar-refractivity contribution >= 4 is 44.2 Å². The van der Waals surface area contributed by atoms with Crippen molar-refractivity contribution in [3.8, 4) is 0 Å². The molecule has 0 atom stereocenters. The normalized spacial score (nSPS) is 11.4. The SMILES string of the molecule is Cc1nc(C)c2c(C)c(C(=O)Nc3ccc4oc(C)nc4c3)sc2n1. The van der Waals surface area contributed by atoms with Crippen LogP contribution in [0.5, 0.6) is 0 Å². The summed E-state index contributed by atoms with van der Waals surface area (Å²) in [6, 6.07) is 5.42. The van der Waals surface area contributed by atoms with E-state index in [-0.39, 0.29) is 5.91 Å². The molecule has 0 aliphatic rings. The molecule has 0 aliphatic carbocycles. The summed E-state index contributed by atoms with van der Waals surface area (Å²) >= 11 is 1.39. The molecule has 1 aromatic carbocycles. The monoisotopic (exact) mass is 352 g/mol. The van der Waals surface area contributed by atoms with Crippen LogP contribution in [0.4, 0.5) is 5.69 Å². The minimum absolute atomic E-state index is 0.155. The first-order valence-corrected chi connectivity index (χ1v) is 8.67. The number of carbonyl (C=O) groups is 1. The van der Waals surface area contributed by atoms with Gasteiger partial charge in [-0.1, -0.05) is 0 Å². The van der Waals surface area contributed by atoms with Gasteiger partial charge in [0.05, 0.1) is 4.88 Å². The zero-order chi connectivity index (χ0) is 17.7. The third-order valence-corrected chi connectivity index (χ3v) is 5.23. The number of thiophene rings is 1. The van der Waals surface area contributed by atoms with Gasteiger partial charge in [-0.2, -0.15) is 0 Å². The molecule has 0 fully saturated rings. The van der Waals surface area contributed by atoms with Crippen LogP contribution in [0.1, 0.15) is 32.6 Å². The highest BCUT2D eigenvalue weighted by Crippen LogP contribution is 2.32. The first kappa shape index (κ1) is 15.7.